The van der Waals surface area contributed by atoms with Crippen molar-refractivity contribution < 1.29 is 9.21 Å². The van der Waals surface area contributed by atoms with Crippen LogP contribution in [0.4, 0.5) is 5.00 Å². The fraction of sp³-hybridized carbons (Fsp3) is 0.333. The molecule has 4 heterocycles. The maximum atomic E-state index is 12.5. The number of hydrogen-bond acceptors (Lipinski definition) is 5. The molecule has 1 fully saturated rings. The fourth-order valence-electron chi connectivity index (χ4n) is 3.66. The molecule has 0 radical (unpaired) electrons. The second kappa shape index (κ2) is 8.06. The Morgan fingerprint density at radius 3 is 2.78 bits per heavy atom. The summed E-state index contributed by atoms with van der Waals surface area (Å²) in [4.78, 5) is 20.8. The van der Waals surface area contributed by atoms with Gasteiger partial charge >= 0.3 is 0 Å². The van der Waals surface area contributed by atoms with Gasteiger partial charge in [-0.15, -0.1) is 11.3 Å². The van der Waals surface area contributed by atoms with E-state index in [0.717, 1.165) is 34.2 Å². The molecule has 4 rings (SSSR count). The largest absolute Gasteiger partial charge is 0.459 e. The van der Waals surface area contributed by atoms with Gasteiger partial charge in [0.2, 0.25) is 0 Å². The lowest BCUT2D eigenvalue weighted by molar-refractivity contribution is 0.0996. The molecular formula is C21H23N3O2S. The third kappa shape index (κ3) is 3.96. The van der Waals surface area contributed by atoms with Crippen LogP contribution < -0.4 is 5.32 Å². The third-order valence-corrected chi connectivity index (χ3v) is 5.86. The van der Waals surface area contributed by atoms with Crippen LogP contribution in [-0.2, 0) is 0 Å². The van der Waals surface area contributed by atoms with Crippen LogP contribution in [0.15, 0.2) is 53.3 Å². The molecule has 0 saturated carbocycles. The Morgan fingerprint density at radius 1 is 1.22 bits per heavy atom. The average molecular weight is 382 g/mol. The van der Waals surface area contributed by atoms with Gasteiger partial charge in [0.05, 0.1) is 18.0 Å². The molecule has 6 heteroatoms. The molecule has 0 bridgehead atoms. The van der Waals surface area contributed by atoms with E-state index >= 15 is 0 Å². The third-order valence-electron chi connectivity index (χ3n) is 4.87. The number of anilines is 1. The first-order valence-electron chi connectivity index (χ1n) is 9.32. The fourth-order valence-corrected chi connectivity index (χ4v) is 4.60. The van der Waals surface area contributed by atoms with E-state index in [9.17, 15) is 4.79 Å². The number of rotatable bonds is 5. The minimum absolute atomic E-state index is 0.0448. The van der Waals surface area contributed by atoms with Crippen molar-refractivity contribution in [3.05, 3.63) is 70.8 Å². The molecule has 3 aromatic heterocycles. The number of carbonyl (C=O) groups excluding carboxylic acids is 1. The molecule has 0 aromatic carbocycles. The molecule has 0 aliphatic carbocycles. The summed E-state index contributed by atoms with van der Waals surface area (Å²) in [7, 11) is 0. The summed E-state index contributed by atoms with van der Waals surface area (Å²) in [6.45, 7) is 4.16. The van der Waals surface area contributed by atoms with Crippen molar-refractivity contribution >= 4 is 22.2 Å². The van der Waals surface area contributed by atoms with Crippen LogP contribution in [0.2, 0.25) is 0 Å². The lowest BCUT2D eigenvalue weighted by atomic mass is 9.99. The van der Waals surface area contributed by atoms with Crippen molar-refractivity contribution in [3.63, 3.8) is 0 Å². The summed E-state index contributed by atoms with van der Waals surface area (Å²) in [6.07, 6.45) is 7.02. The molecular weight excluding hydrogens is 358 g/mol. The van der Waals surface area contributed by atoms with E-state index in [-0.39, 0.29) is 11.9 Å². The highest BCUT2D eigenvalue weighted by molar-refractivity contribution is 7.16. The number of pyridine rings is 1. The highest BCUT2D eigenvalue weighted by atomic mass is 32.1. The van der Waals surface area contributed by atoms with Crippen molar-refractivity contribution in [2.45, 2.75) is 32.2 Å². The Hall–Kier alpha value is -2.44. The summed E-state index contributed by atoms with van der Waals surface area (Å²) in [5, 5.41) is 3.92. The lowest BCUT2D eigenvalue weighted by Crippen LogP contribution is -2.35. The number of likely N-dealkylation sites (tertiary alicyclic amines) is 1. The van der Waals surface area contributed by atoms with Crippen molar-refractivity contribution in [2.24, 2.45) is 0 Å². The van der Waals surface area contributed by atoms with Gasteiger partial charge in [-0.3, -0.25) is 14.7 Å². The predicted molar refractivity (Wildman–Crippen MR) is 107 cm³/mol. The Kier molecular flexibility index (Phi) is 5.36. The molecule has 1 N–H and O–H groups in total. The van der Waals surface area contributed by atoms with Gasteiger partial charge in [-0.2, -0.15) is 0 Å². The molecule has 3 aromatic rings. The summed E-state index contributed by atoms with van der Waals surface area (Å²) in [5.41, 5.74) is 2.13. The summed E-state index contributed by atoms with van der Waals surface area (Å²) in [5.74, 6) is 0.0980. The smallest absolute Gasteiger partial charge is 0.291 e. The van der Waals surface area contributed by atoms with Gasteiger partial charge in [0.1, 0.15) is 5.00 Å². The van der Waals surface area contributed by atoms with Crippen LogP contribution in [0, 0.1) is 6.92 Å². The minimum atomic E-state index is -0.221. The van der Waals surface area contributed by atoms with Crippen molar-refractivity contribution in [1.29, 1.82) is 0 Å². The number of hydrogen-bond donors (Lipinski definition) is 1. The second-order valence-corrected chi connectivity index (χ2v) is 8.08. The average Bonchev–Trinajstić information content (AvgIpc) is 3.34. The molecule has 140 valence electrons. The monoisotopic (exact) mass is 381 g/mol. The van der Waals surface area contributed by atoms with Gasteiger partial charge in [-0.05, 0) is 63.2 Å². The highest BCUT2D eigenvalue weighted by Gasteiger charge is 2.29. The van der Waals surface area contributed by atoms with E-state index in [4.69, 9.17) is 4.42 Å². The molecule has 1 saturated heterocycles. The quantitative estimate of drug-likeness (QED) is 0.685. The molecule has 1 atom stereocenters. The van der Waals surface area contributed by atoms with E-state index in [1.54, 1.807) is 23.5 Å². The van der Waals surface area contributed by atoms with Crippen LogP contribution in [0.3, 0.4) is 0 Å². The number of piperidine rings is 1. The maximum Gasteiger partial charge on any atom is 0.291 e. The first kappa shape index (κ1) is 17.9. The summed E-state index contributed by atoms with van der Waals surface area (Å²) < 4.78 is 5.25. The zero-order valence-corrected chi connectivity index (χ0v) is 16.2. The predicted octanol–water partition coefficient (Wildman–Crippen LogP) is 4.87. The number of nitrogens with one attached hydrogen (secondary N) is 1. The van der Waals surface area contributed by atoms with E-state index in [2.05, 4.69) is 34.3 Å². The van der Waals surface area contributed by atoms with Crippen molar-refractivity contribution in [3.8, 4) is 0 Å². The van der Waals surface area contributed by atoms with Gasteiger partial charge < -0.3 is 9.73 Å². The number of furan rings is 1. The minimum Gasteiger partial charge on any atom is -0.459 e. The van der Waals surface area contributed by atoms with Crippen LogP contribution in [0.1, 0.15) is 52.0 Å². The number of aryl methyl sites for hydroxylation is 1. The Morgan fingerprint density at radius 2 is 2.07 bits per heavy atom. The number of thiophene rings is 1. The zero-order valence-electron chi connectivity index (χ0n) is 15.4. The number of carbonyl (C=O) groups is 1. The first-order chi connectivity index (χ1) is 13.2. The standard InChI is InChI=1S/C21H23N3O2S/c1-15-14-16(21(27-15)23-20(25)18-9-7-13-26-18)19(17-8-3-4-10-22-17)24-11-5-2-6-12-24/h3-4,7-10,13-14,19H,2,5-6,11-12H2,1H3,(H,23,25). The van der Waals surface area contributed by atoms with Gasteiger partial charge in [-0.25, -0.2) is 0 Å². The molecule has 5 nitrogen and oxygen atoms in total. The number of nitrogens with zero attached hydrogens (tertiary/aromatic N) is 2. The summed E-state index contributed by atoms with van der Waals surface area (Å²) >= 11 is 1.60. The summed E-state index contributed by atoms with van der Waals surface area (Å²) in [6, 6.07) is 11.7. The Balaban J connectivity index is 1.70. The second-order valence-electron chi connectivity index (χ2n) is 6.83. The highest BCUT2D eigenvalue weighted by Crippen LogP contribution is 2.39. The van der Waals surface area contributed by atoms with Gasteiger partial charge in [-0.1, -0.05) is 12.5 Å². The molecule has 27 heavy (non-hydrogen) atoms. The maximum absolute atomic E-state index is 12.5. The van der Waals surface area contributed by atoms with Gasteiger partial charge in [0, 0.05) is 16.6 Å². The van der Waals surface area contributed by atoms with E-state index in [1.165, 1.54) is 25.5 Å². The van der Waals surface area contributed by atoms with E-state index in [1.807, 2.05) is 18.3 Å². The molecule has 0 spiro atoms. The SMILES string of the molecule is Cc1cc(C(c2ccccn2)N2CCCCC2)c(NC(=O)c2ccco2)s1. The lowest BCUT2D eigenvalue weighted by Gasteiger charge is -2.34. The molecule has 1 aliphatic heterocycles. The topological polar surface area (TPSA) is 58.4 Å². The van der Waals surface area contributed by atoms with Crippen LogP contribution in [0.25, 0.3) is 0 Å². The van der Waals surface area contributed by atoms with Crippen molar-refractivity contribution in [1.82, 2.24) is 9.88 Å². The van der Waals surface area contributed by atoms with Crippen LogP contribution in [0.5, 0.6) is 0 Å². The number of amides is 1. The Bertz CT molecular complexity index is 884. The van der Waals surface area contributed by atoms with Gasteiger partial charge in [0.25, 0.3) is 5.91 Å². The number of aromatic nitrogens is 1. The molecule has 1 amide bonds. The van der Waals surface area contributed by atoms with E-state index < -0.39 is 0 Å². The normalized spacial score (nSPS) is 16.2. The zero-order chi connectivity index (χ0) is 18.6. The van der Waals surface area contributed by atoms with E-state index in [0.29, 0.717) is 5.76 Å². The molecule has 1 aliphatic rings. The van der Waals surface area contributed by atoms with Crippen LogP contribution in [-0.4, -0.2) is 28.9 Å². The van der Waals surface area contributed by atoms with Crippen molar-refractivity contribution in [2.75, 3.05) is 18.4 Å². The Labute approximate surface area is 163 Å². The van der Waals surface area contributed by atoms with Gasteiger partial charge in [0.15, 0.2) is 5.76 Å². The molecule has 1 unspecified atom stereocenters. The van der Waals surface area contributed by atoms with Crippen LogP contribution >= 0.6 is 11.3 Å². The first-order valence-corrected chi connectivity index (χ1v) is 10.1.